The predicted molar refractivity (Wildman–Crippen MR) is 73.9 cm³/mol. The summed E-state index contributed by atoms with van der Waals surface area (Å²) in [7, 11) is 0. The third kappa shape index (κ3) is 2.76. The van der Waals surface area contributed by atoms with E-state index >= 15 is 0 Å². The van der Waals surface area contributed by atoms with E-state index in [9.17, 15) is 0 Å². The highest BCUT2D eigenvalue weighted by Crippen LogP contribution is 2.33. The van der Waals surface area contributed by atoms with Crippen LogP contribution in [0.4, 0.5) is 46.5 Å². The predicted octanol–water partition coefficient (Wildman–Crippen LogP) is 3.19. The van der Waals surface area contributed by atoms with Crippen molar-refractivity contribution in [2.24, 2.45) is 40.9 Å². The Hall–Kier alpha value is -5.04. The molecular formula is C8N16O4. The first-order valence-corrected chi connectivity index (χ1v) is 6.84. The Labute approximate surface area is 148 Å². The molecule has 0 N–H and O–H groups in total. The summed E-state index contributed by atoms with van der Waals surface area (Å²) >= 11 is 0. The van der Waals surface area contributed by atoms with E-state index in [1.165, 1.54) is 0 Å². The van der Waals surface area contributed by atoms with Gasteiger partial charge in [-0.2, -0.15) is 0 Å². The van der Waals surface area contributed by atoms with Gasteiger partial charge in [-0.15, -0.1) is 40.9 Å². The van der Waals surface area contributed by atoms with E-state index in [2.05, 4.69) is 101 Å². The molecule has 0 fully saturated rings. The molecule has 0 bridgehead atoms. The summed E-state index contributed by atoms with van der Waals surface area (Å²) in [5.41, 5.74) is 0. The maximum Gasteiger partial charge on any atom is 0.265 e. The molecular weight excluding hydrogens is 384 g/mol. The maximum absolute atomic E-state index is 4.55. The van der Waals surface area contributed by atoms with Crippen LogP contribution < -0.4 is 0 Å². The fourth-order valence-electron chi connectivity index (χ4n) is 1.60. The van der Waals surface area contributed by atoms with Crippen molar-refractivity contribution in [3.63, 3.8) is 0 Å². The summed E-state index contributed by atoms with van der Waals surface area (Å²) in [6.07, 6.45) is 0. The molecule has 0 radical (unpaired) electrons. The summed E-state index contributed by atoms with van der Waals surface area (Å²) in [4.78, 5) is 0. The Balaban J connectivity index is 1.64. The zero-order valence-corrected chi connectivity index (χ0v) is 12.8. The average molecular weight is 384 g/mol. The molecule has 28 heavy (non-hydrogen) atoms. The van der Waals surface area contributed by atoms with Gasteiger partial charge in [0.05, 0.1) is 0 Å². The maximum atomic E-state index is 4.55. The third-order valence-electron chi connectivity index (χ3n) is 2.78. The minimum Gasteiger partial charge on any atom is -0.240 e. The molecule has 20 heteroatoms. The largest absolute Gasteiger partial charge is 0.265 e. The first kappa shape index (κ1) is 15.2. The molecule has 4 aromatic heterocycles. The normalized spacial score (nSPS) is 13.1. The lowest BCUT2D eigenvalue weighted by molar-refractivity contribution is 0.307. The highest BCUT2D eigenvalue weighted by Gasteiger charge is 2.16. The Bertz CT molecular complexity index is 964. The van der Waals surface area contributed by atoms with Crippen molar-refractivity contribution in [2.75, 3.05) is 0 Å². The van der Waals surface area contributed by atoms with E-state index in [0.717, 1.165) is 0 Å². The molecule has 5 rings (SSSR count). The second kappa shape index (κ2) is 6.36. The van der Waals surface area contributed by atoms with Crippen molar-refractivity contribution in [1.29, 1.82) is 0 Å². The number of rotatable bonds is 0. The monoisotopic (exact) mass is 384 g/mol. The van der Waals surface area contributed by atoms with Crippen LogP contribution in [-0.4, -0.2) is 41.3 Å². The van der Waals surface area contributed by atoms with Crippen LogP contribution in [0.25, 0.3) is 0 Å². The van der Waals surface area contributed by atoms with Crippen molar-refractivity contribution >= 4 is 46.5 Å². The van der Waals surface area contributed by atoms with Gasteiger partial charge in [0.25, 0.3) is 46.5 Å². The second-order valence-electron chi connectivity index (χ2n) is 4.45. The minimum atomic E-state index is -0.135. The van der Waals surface area contributed by atoms with E-state index in [0.29, 0.717) is 0 Å². The Morgan fingerprint density at radius 1 is 0.250 bits per heavy atom. The van der Waals surface area contributed by atoms with E-state index in [1.807, 2.05) is 0 Å². The number of fused-ring (bicyclic) bond motifs is 4. The molecule has 0 amide bonds. The summed E-state index contributed by atoms with van der Waals surface area (Å²) in [5, 5.41) is 58.2. The lowest BCUT2D eigenvalue weighted by Gasteiger charge is -1.87. The fourth-order valence-corrected chi connectivity index (χ4v) is 1.60. The first-order valence-electron chi connectivity index (χ1n) is 6.84. The number of hydrogen-bond acceptors (Lipinski definition) is 20. The Morgan fingerprint density at radius 2 is 0.393 bits per heavy atom. The van der Waals surface area contributed by atoms with Crippen LogP contribution in [0.15, 0.2) is 59.4 Å². The molecule has 4 aromatic rings. The SMILES string of the molecule is N1=Nc2nonc2N=Nc2nonc2N=Nc2nonc2N=Nc2nonc21. The van der Waals surface area contributed by atoms with Gasteiger partial charge in [-0.05, 0) is 41.3 Å². The molecule has 20 nitrogen and oxygen atoms in total. The molecule has 1 aliphatic rings. The van der Waals surface area contributed by atoms with Crippen molar-refractivity contribution < 1.29 is 18.5 Å². The molecule has 136 valence electrons. The summed E-state index contributed by atoms with van der Waals surface area (Å²) < 4.78 is 18.2. The number of azo groups is 4. The Morgan fingerprint density at radius 3 is 0.536 bits per heavy atom. The quantitative estimate of drug-likeness (QED) is 0.372. The minimum absolute atomic E-state index is 0.135. The van der Waals surface area contributed by atoms with Gasteiger partial charge in [-0.1, -0.05) is 0 Å². The fraction of sp³-hybridized carbons (Fsp3) is 0. The highest BCUT2D eigenvalue weighted by atomic mass is 16.6. The molecule has 0 saturated carbocycles. The van der Waals surface area contributed by atoms with Crippen LogP contribution >= 0.6 is 0 Å². The molecule has 5 heterocycles. The van der Waals surface area contributed by atoms with Gasteiger partial charge in [-0.25, -0.2) is 18.5 Å². The van der Waals surface area contributed by atoms with Gasteiger partial charge < -0.3 is 0 Å². The second-order valence-corrected chi connectivity index (χ2v) is 4.45. The molecule has 0 spiro atoms. The van der Waals surface area contributed by atoms with Gasteiger partial charge in [-0.3, -0.25) is 0 Å². The topological polar surface area (TPSA) is 255 Å². The average Bonchev–Trinajstić information content (AvgIpc) is 3.49. The lowest BCUT2D eigenvalue weighted by atomic mass is 10.6. The van der Waals surface area contributed by atoms with Crippen LogP contribution in [0.5, 0.6) is 0 Å². The summed E-state index contributed by atoms with van der Waals surface area (Å²) in [5.74, 6) is -1.08. The third-order valence-corrected chi connectivity index (χ3v) is 2.78. The zero-order valence-electron chi connectivity index (χ0n) is 12.8. The van der Waals surface area contributed by atoms with E-state index in [-0.39, 0.29) is 46.5 Å². The van der Waals surface area contributed by atoms with Crippen molar-refractivity contribution in [3.05, 3.63) is 0 Å². The van der Waals surface area contributed by atoms with Crippen molar-refractivity contribution in [2.45, 2.75) is 0 Å². The molecule has 0 aromatic carbocycles. The van der Waals surface area contributed by atoms with Crippen LogP contribution in [0.3, 0.4) is 0 Å². The van der Waals surface area contributed by atoms with Crippen LogP contribution in [-0.2, 0) is 0 Å². The highest BCUT2D eigenvalue weighted by molar-refractivity contribution is 5.54. The van der Waals surface area contributed by atoms with Gasteiger partial charge in [0.15, 0.2) is 0 Å². The standard InChI is InChI=1S/C8N16O4/c9-1-2(18-25-17-1)10-12-5-6(22-27-21-5)14-16-8-7(23-28-24-8)15-13-4-3(11-9)19-26-20-4. The van der Waals surface area contributed by atoms with Gasteiger partial charge in [0, 0.05) is 0 Å². The number of hydrogen-bond donors (Lipinski definition) is 0. The molecule has 0 aliphatic carbocycles. The van der Waals surface area contributed by atoms with Gasteiger partial charge >= 0.3 is 0 Å². The Kier molecular flexibility index (Phi) is 3.46. The van der Waals surface area contributed by atoms with E-state index < -0.39 is 0 Å². The van der Waals surface area contributed by atoms with Gasteiger partial charge in [0.2, 0.25) is 0 Å². The zero-order chi connectivity index (χ0) is 18.8. The molecule has 0 saturated heterocycles. The number of nitrogens with zero attached hydrogens (tertiary/aromatic N) is 16. The smallest absolute Gasteiger partial charge is 0.240 e. The van der Waals surface area contributed by atoms with Crippen LogP contribution in [0.1, 0.15) is 0 Å². The van der Waals surface area contributed by atoms with E-state index in [4.69, 9.17) is 0 Å². The lowest BCUT2D eigenvalue weighted by Crippen LogP contribution is -1.69. The molecule has 1 aliphatic heterocycles. The molecule has 0 atom stereocenters. The van der Waals surface area contributed by atoms with E-state index in [1.54, 1.807) is 0 Å². The van der Waals surface area contributed by atoms with Gasteiger partial charge in [0.1, 0.15) is 0 Å². The van der Waals surface area contributed by atoms with Crippen LogP contribution in [0.2, 0.25) is 0 Å². The van der Waals surface area contributed by atoms with Crippen molar-refractivity contribution in [3.8, 4) is 0 Å². The summed E-state index contributed by atoms with van der Waals surface area (Å²) in [6.45, 7) is 0. The first-order chi connectivity index (χ1) is 13.9. The van der Waals surface area contributed by atoms with Crippen molar-refractivity contribution in [1.82, 2.24) is 41.3 Å². The molecule has 0 unspecified atom stereocenters. The summed E-state index contributed by atoms with van der Waals surface area (Å²) in [6, 6.07) is 0. The number of aromatic nitrogens is 8. The van der Waals surface area contributed by atoms with Crippen LogP contribution in [0, 0.1) is 0 Å².